The molecule has 0 aliphatic heterocycles. The molecule has 6 heteroatoms. The Bertz CT molecular complexity index is 455. The first-order chi connectivity index (χ1) is 8.56. The normalized spacial score (nSPS) is 17.2. The van der Waals surface area contributed by atoms with Gasteiger partial charge in [-0.05, 0) is 31.4 Å². The van der Waals surface area contributed by atoms with Crippen LogP contribution in [0, 0.1) is 10.1 Å². The summed E-state index contributed by atoms with van der Waals surface area (Å²) in [6, 6.07) is 4.64. The van der Waals surface area contributed by atoms with Crippen LogP contribution in [0.5, 0.6) is 0 Å². The van der Waals surface area contributed by atoms with Gasteiger partial charge in [0.25, 0.3) is 5.69 Å². The van der Waals surface area contributed by atoms with Crippen LogP contribution in [0.4, 0.5) is 5.69 Å². The number of nitrogens with one attached hydrogen (secondary N) is 1. The van der Waals surface area contributed by atoms with E-state index in [1.165, 1.54) is 6.07 Å². The van der Waals surface area contributed by atoms with Crippen molar-refractivity contribution >= 4 is 17.3 Å². The third-order valence-electron chi connectivity index (χ3n) is 3.51. The summed E-state index contributed by atoms with van der Waals surface area (Å²) in [5, 5.41) is 23.8. The second kappa shape index (κ2) is 5.22. The average molecular weight is 271 g/mol. The van der Waals surface area contributed by atoms with Gasteiger partial charge >= 0.3 is 0 Å². The fraction of sp³-hybridized carbons (Fsp3) is 0.500. The van der Waals surface area contributed by atoms with E-state index in [0.717, 1.165) is 19.3 Å². The predicted molar refractivity (Wildman–Crippen MR) is 68.6 cm³/mol. The van der Waals surface area contributed by atoms with E-state index < -0.39 is 4.92 Å². The lowest BCUT2D eigenvalue weighted by Crippen LogP contribution is -2.53. The Morgan fingerprint density at radius 1 is 1.50 bits per heavy atom. The third-order valence-corrected chi connectivity index (χ3v) is 3.75. The van der Waals surface area contributed by atoms with Crippen molar-refractivity contribution in [3.05, 3.63) is 38.9 Å². The maximum Gasteiger partial charge on any atom is 0.275 e. The van der Waals surface area contributed by atoms with Crippen molar-refractivity contribution in [3.63, 3.8) is 0 Å². The Morgan fingerprint density at radius 2 is 2.22 bits per heavy atom. The third kappa shape index (κ3) is 2.63. The quantitative estimate of drug-likeness (QED) is 0.636. The molecular weight excluding hydrogens is 256 g/mol. The van der Waals surface area contributed by atoms with Crippen LogP contribution in [0.3, 0.4) is 0 Å². The summed E-state index contributed by atoms with van der Waals surface area (Å²) in [5.41, 5.74) is 0.347. The van der Waals surface area contributed by atoms with Gasteiger partial charge in [0, 0.05) is 28.7 Å². The number of nitro groups is 1. The largest absolute Gasteiger partial charge is 0.394 e. The number of hydrogen-bond acceptors (Lipinski definition) is 4. The molecule has 0 aromatic heterocycles. The number of aliphatic hydroxyl groups is 1. The van der Waals surface area contributed by atoms with E-state index in [1.807, 2.05) is 0 Å². The molecule has 98 valence electrons. The molecule has 2 rings (SSSR count). The molecule has 1 saturated carbocycles. The monoisotopic (exact) mass is 270 g/mol. The van der Waals surface area contributed by atoms with Gasteiger partial charge in [0.1, 0.15) is 0 Å². The van der Waals surface area contributed by atoms with Crippen molar-refractivity contribution in [2.75, 3.05) is 6.61 Å². The highest BCUT2D eigenvalue weighted by Crippen LogP contribution is 2.32. The topological polar surface area (TPSA) is 75.4 Å². The van der Waals surface area contributed by atoms with Crippen molar-refractivity contribution in [1.29, 1.82) is 0 Å². The molecule has 2 N–H and O–H groups in total. The molecule has 0 unspecified atom stereocenters. The molecule has 0 saturated heterocycles. The molecule has 1 fully saturated rings. The minimum atomic E-state index is -0.435. The Hall–Kier alpha value is -1.17. The van der Waals surface area contributed by atoms with Gasteiger partial charge in [-0.25, -0.2) is 0 Å². The number of aliphatic hydroxyl groups excluding tert-OH is 1. The Kier molecular flexibility index (Phi) is 3.85. The van der Waals surface area contributed by atoms with Gasteiger partial charge in [-0.15, -0.1) is 0 Å². The van der Waals surface area contributed by atoms with Crippen molar-refractivity contribution in [1.82, 2.24) is 5.32 Å². The molecule has 1 aliphatic rings. The first-order valence-electron chi connectivity index (χ1n) is 5.85. The summed E-state index contributed by atoms with van der Waals surface area (Å²) < 4.78 is 0. The van der Waals surface area contributed by atoms with Crippen LogP contribution in [0.15, 0.2) is 18.2 Å². The van der Waals surface area contributed by atoms with E-state index in [0.29, 0.717) is 17.1 Å². The van der Waals surface area contributed by atoms with Gasteiger partial charge in [0.05, 0.1) is 11.5 Å². The van der Waals surface area contributed by atoms with Crippen LogP contribution in [-0.2, 0) is 6.54 Å². The molecule has 0 radical (unpaired) electrons. The highest BCUT2D eigenvalue weighted by molar-refractivity contribution is 6.30. The summed E-state index contributed by atoms with van der Waals surface area (Å²) in [6.07, 6.45) is 2.89. The van der Waals surface area contributed by atoms with Crippen LogP contribution in [-0.4, -0.2) is 22.2 Å². The molecular formula is C12H15ClN2O3. The first-order valence-corrected chi connectivity index (χ1v) is 6.23. The SMILES string of the molecule is O=[N+]([O-])c1cc(Cl)ccc1CNC1(CO)CCC1. The van der Waals surface area contributed by atoms with E-state index in [4.69, 9.17) is 11.6 Å². The predicted octanol–water partition coefficient (Wildman–Crippen LogP) is 2.25. The second-order valence-corrected chi connectivity index (χ2v) is 5.11. The van der Waals surface area contributed by atoms with E-state index in [2.05, 4.69) is 5.32 Å². The Balaban J connectivity index is 2.11. The van der Waals surface area contributed by atoms with E-state index in [-0.39, 0.29) is 17.8 Å². The smallest absolute Gasteiger partial charge is 0.275 e. The molecule has 0 amide bonds. The highest BCUT2D eigenvalue weighted by Gasteiger charge is 2.35. The zero-order chi connectivity index (χ0) is 13.2. The molecule has 0 heterocycles. The fourth-order valence-electron chi connectivity index (χ4n) is 2.13. The maximum atomic E-state index is 10.9. The van der Waals surface area contributed by atoms with Gasteiger partial charge < -0.3 is 10.4 Å². The molecule has 1 aromatic carbocycles. The van der Waals surface area contributed by atoms with Crippen molar-refractivity contribution in [3.8, 4) is 0 Å². The summed E-state index contributed by atoms with van der Waals surface area (Å²) in [4.78, 5) is 10.5. The van der Waals surface area contributed by atoms with Gasteiger partial charge in [-0.3, -0.25) is 10.1 Å². The van der Waals surface area contributed by atoms with Gasteiger partial charge in [-0.1, -0.05) is 11.6 Å². The number of hydrogen-bond donors (Lipinski definition) is 2. The number of benzene rings is 1. The zero-order valence-corrected chi connectivity index (χ0v) is 10.6. The maximum absolute atomic E-state index is 10.9. The highest BCUT2D eigenvalue weighted by atomic mass is 35.5. The lowest BCUT2D eigenvalue weighted by atomic mass is 9.77. The molecule has 1 aliphatic carbocycles. The minimum absolute atomic E-state index is 0.0161. The number of rotatable bonds is 5. The van der Waals surface area contributed by atoms with Crippen molar-refractivity contribution in [2.24, 2.45) is 0 Å². The lowest BCUT2D eigenvalue weighted by molar-refractivity contribution is -0.385. The summed E-state index contributed by atoms with van der Waals surface area (Å²) in [7, 11) is 0. The Morgan fingerprint density at radius 3 is 2.72 bits per heavy atom. The minimum Gasteiger partial charge on any atom is -0.394 e. The van der Waals surface area contributed by atoms with Crippen LogP contribution < -0.4 is 5.32 Å². The lowest BCUT2D eigenvalue weighted by Gasteiger charge is -2.41. The summed E-state index contributed by atoms with van der Waals surface area (Å²) in [6.45, 7) is 0.433. The summed E-state index contributed by atoms with van der Waals surface area (Å²) >= 11 is 5.75. The molecule has 1 aromatic rings. The van der Waals surface area contributed by atoms with Crippen LogP contribution in [0.25, 0.3) is 0 Å². The fourth-order valence-corrected chi connectivity index (χ4v) is 2.30. The molecule has 0 bridgehead atoms. The Labute approximate surface area is 110 Å². The van der Waals surface area contributed by atoms with E-state index in [1.54, 1.807) is 12.1 Å². The van der Waals surface area contributed by atoms with Gasteiger partial charge in [0.2, 0.25) is 0 Å². The van der Waals surface area contributed by atoms with Crippen LogP contribution in [0.2, 0.25) is 5.02 Å². The molecule has 0 atom stereocenters. The van der Waals surface area contributed by atoms with Crippen LogP contribution in [0.1, 0.15) is 24.8 Å². The first kappa shape index (κ1) is 13.3. The van der Waals surface area contributed by atoms with Gasteiger partial charge in [-0.2, -0.15) is 0 Å². The number of nitrogens with zero attached hydrogens (tertiary/aromatic N) is 1. The van der Waals surface area contributed by atoms with Crippen molar-refractivity contribution in [2.45, 2.75) is 31.3 Å². The standard InChI is InChI=1S/C12H15ClN2O3/c13-10-3-2-9(11(6-10)15(17)18)7-14-12(8-16)4-1-5-12/h2-3,6,14,16H,1,4-5,7-8H2. The average Bonchev–Trinajstić information content (AvgIpc) is 2.29. The van der Waals surface area contributed by atoms with Crippen LogP contribution >= 0.6 is 11.6 Å². The van der Waals surface area contributed by atoms with E-state index >= 15 is 0 Å². The zero-order valence-electron chi connectivity index (χ0n) is 9.86. The van der Waals surface area contributed by atoms with Crippen molar-refractivity contribution < 1.29 is 10.0 Å². The molecule has 0 spiro atoms. The molecule has 5 nitrogen and oxygen atoms in total. The number of nitro benzene ring substituents is 1. The summed E-state index contributed by atoms with van der Waals surface area (Å²) in [5.74, 6) is 0. The van der Waals surface area contributed by atoms with Gasteiger partial charge in [0.15, 0.2) is 0 Å². The molecule has 18 heavy (non-hydrogen) atoms. The number of halogens is 1. The van der Waals surface area contributed by atoms with E-state index in [9.17, 15) is 15.2 Å². The second-order valence-electron chi connectivity index (χ2n) is 4.68.